The second-order valence-electron chi connectivity index (χ2n) is 5.32. The summed E-state index contributed by atoms with van der Waals surface area (Å²) in [5.41, 5.74) is 1.16. The molecule has 0 radical (unpaired) electrons. The lowest BCUT2D eigenvalue weighted by atomic mass is 10.1. The average molecular weight is 261 g/mol. The molecule has 0 spiro atoms. The lowest BCUT2D eigenvalue weighted by Gasteiger charge is -2.20. The van der Waals surface area contributed by atoms with Crippen LogP contribution in [0.25, 0.3) is 0 Å². The highest BCUT2D eigenvalue weighted by Gasteiger charge is 2.09. The van der Waals surface area contributed by atoms with Crippen molar-refractivity contribution in [2.24, 2.45) is 0 Å². The van der Waals surface area contributed by atoms with Crippen molar-refractivity contribution in [3.63, 3.8) is 0 Å². The Balaban J connectivity index is 2.01. The van der Waals surface area contributed by atoms with Crippen LogP contribution in [0.2, 0.25) is 0 Å². The average Bonchev–Trinajstić information content (AvgIpc) is 2.79. The van der Waals surface area contributed by atoms with Gasteiger partial charge in [-0.2, -0.15) is 0 Å². The van der Waals surface area contributed by atoms with Crippen molar-refractivity contribution in [2.75, 3.05) is 0 Å². The second-order valence-corrected chi connectivity index (χ2v) is 6.36. The summed E-state index contributed by atoms with van der Waals surface area (Å²) in [5, 5.41) is 5.52. The number of nitrogens with zero attached hydrogens (tertiary/aromatic N) is 2. The van der Waals surface area contributed by atoms with Gasteiger partial charge in [-0.1, -0.05) is 6.07 Å². The molecule has 1 N–H and O–H groups in total. The van der Waals surface area contributed by atoms with Gasteiger partial charge in [0.1, 0.15) is 5.82 Å². The fraction of sp³-hybridized carbons (Fsp3) is 0.429. The van der Waals surface area contributed by atoms with Crippen molar-refractivity contribution in [1.82, 2.24) is 15.3 Å². The van der Waals surface area contributed by atoms with E-state index in [0.29, 0.717) is 0 Å². The Hall–Kier alpha value is -1.26. The summed E-state index contributed by atoms with van der Waals surface area (Å²) in [7, 11) is 0. The molecule has 3 nitrogen and oxygen atoms in total. The zero-order valence-corrected chi connectivity index (χ0v) is 11.9. The van der Waals surface area contributed by atoms with Gasteiger partial charge >= 0.3 is 0 Å². The van der Waals surface area contributed by atoms with E-state index in [0.717, 1.165) is 24.5 Å². The molecule has 2 rings (SSSR count). The van der Waals surface area contributed by atoms with E-state index in [2.05, 4.69) is 53.6 Å². The van der Waals surface area contributed by atoms with E-state index in [1.807, 2.05) is 12.3 Å². The van der Waals surface area contributed by atoms with Gasteiger partial charge in [0.05, 0.1) is 5.69 Å². The Morgan fingerprint density at radius 3 is 2.78 bits per heavy atom. The zero-order chi connectivity index (χ0) is 13.0. The Labute approximate surface area is 112 Å². The molecular formula is C14H19N3S. The van der Waals surface area contributed by atoms with Crippen molar-refractivity contribution in [1.29, 1.82) is 0 Å². The molecule has 0 saturated carbocycles. The van der Waals surface area contributed by atoms with E-state index >= 15 is 0 Å². The van der Waals surface area contributed by atoms with Gasteiger partial charge in [-0.3, -0.25) is 0 Å². The Morgan fingerprint density at radius 1 is 1.28 bits per heavy atom. The van der Waals surface area contributed by atoms with E-state index in [1.54, 1.807) is 11.3 Å². The van der Waals surface area contributed by atoms with Crippen LogP contribution in [-0.2, 0) is 13.0 Å². The van der Waals surface area contributed by atoms with Crippen LogP contribution in [0.4, 0.5) is 0 Å². The molecule has 0 fully saturated rings. The van der Waals surface area contributed by atoms with Gasteiger partial charge in [0, 0.05) is 29.6 Å². The van der Waals surface area contributed by atoms with Gasteiger partial charge in [-0.15, -0.1) is 11.3 Å². The van der Waals surface area contributed by atoms with Crippen LogP contribution in [0.1, 0.15) is 37.2 Å². The molecule has 96 valence electrons. The van der Waals surface area contributed by atoms with Gasteiger partial charge in [-0.25, -0.2) is 9.97 Å². The van der Waals surface area contributed by atoms with Crippen molar-refractivity contribution in [3.8, 4) is 0 Å². The summed E-state index contributed by atoms with van der Waals surface area (Å²) in [6.07, 6.45) is 2.66. The van der Waals surface area contributed by atoms with Crippen LogP contribution in [0.5, 0.6) is 0 Å². The SMILES string of the molecule is CC(C)(C)NCc1ccnc(Cc2cccs2)n1. The van der Waals surface area contributed by atoms with Crippen LogP contribution in [0, 0.1) is 0 Å². The minimum atomic E-state index is 0.110. The molecule has 0 aliphatic rings. The van der Waals surface area contributed by atoms with E-state index < -0.39 is 0 Å². The molecule has 2 aromatic heterocycles. The lowest BCUT2D eigenvalue weighted by Crippen LogP contribution is -2.35. The van der Waals surface area contributed by atoms with E-state index in [1.165, 1.54) is 4.88 Å². The number of hydrogen-bond acceptors (Lipinski definition) is 4. The molecule has 18 heavy (non-hydrogen) atoms. The van der Waals surface area contributed by atoms with Gasteiger partial charge in [-0.05, 0) is 38.3 Å². The summed E-state index contributed by atoms with van der Waals surface area (Å²) in [4.78, 5) is 10.2. The van der Waals surface area contributed by atoms with Gasteiger partial charge in [0.15, 0.2) is 0 Å². The van der Waals surface area contributed by atoms with Gasteiger partial charge in [0.25, 0.3) is 0 Å². The number of rotatable bonds is 4. The summed E-state index contributed by atoms with van der Waals surface area (Å²) in [5.74, 6) is 0.894. The molecule has 0 bridgehead atoms. The normalized spacial score (nSPS) is 11.7. The van der Waals surface area contributed by atoms with Gasteiger partial charge in [0.2, 0.25) is 0 Å². The van der Waals surface area contributed by atoms with Crippen LogP contribution >= 0.6 is 11.3 Å². The summed E-state index contributed by atoms with van der Waals surface area (Å²) < 4.78 is 0. The maximum atomic E-state index is 4.58. The van der Waals surface area contributed by atoms with Gasteiger partial charge < -0.3 is 5.32 Å². The van der Waals surface area contributed by atoms with E-state index in [4.69, 9.17) is 0 Å². The molecular weight excluding hydrogens is 242 g/mol. The summed E-state index contributed by atoms with van der Waals surface area (Å²) >= 11 is 1.75. The minimum Gasteiger partial charge on any atom is -0.306 e. The van der Waals surface area contributed by atoms with Crippen molar-refractivity contribution in [3.05, 3.63) is 46.2 Å². The zero-order valence-electron chi connectivity index (χ0n) is 11.1. The largest absolute Gasteiger partial charge is 0.306 e. The van der Waals surface area contributed by atoms with Crippen LogP contribution in [-0.4, -0.2) is 15.5 Å². The lowest BCUT2D eigenvalue weighted by molar-refractivity contribution is 0.420. The first-order valence-electron chi connectivity index (χ1n) is 6.11. The Morgan fingerprint density at radius 2 is 2.11 bits per heavy atom. The molecule has 0 aliphatic carbocycles. The quantitative estimate of drug-likeness (QED) is 0.919. The van der Waals surface area contributed by atoms with Crippen LogP contribution < -0.4 is 5.32 Å². The predicted octanol–water partition coefficient (Wildman–Crippen LogP) is 3.02. The molecule has 2 aromatic rings. The number of aromatic nitrogens is 2. The standard InChI is InChI=1S/C14H19N3S/c1-14(2,3)16-10-11-6-7-15-13(17-11)9-12-5-4-8-18-12/h4-8,16H,9-10H2,1-3H3. The highest BCUT2D eigenvalue weighted by Crippen LogP contribution is 2.12. The molecule has 0 saturated heterocycles. The summed E-state index contributed by atoms with van der Waals surface area (Å²) in [6, 6.07) is 6.15. The molecule has 0 atom stereocenters. The first-order valence-corrected chi connectivity index (χ1v) is 6.99. The first-order chi connectivity index (χ1) is 8.53. The number of thiophene rings is 1. The molecule has 0 amide bonds. The van der Waals surface area contributed by atoms with Crippen molar-refractivity contribution in [2.45, 2.75) is 39.3 Å². The fourth-order valence-electron chi connectivity index (χ4n) is 1.55. The number of nitrogens with one attached hydrogen (secondary N) is 1. The second kappa shape index (κ2) is 5.59. The monoisotopic (exact) mass is 261 g/mol. The highest BCUT2D eigenvalue weighted by molar-refractivity contribution is 7.09. The maximum absolute atomic E-state index is 4.58. The van der Waals surface area contributed by atoms with Crippen molar-refractivity contribution >= 4 is 11.3 Å². The third-order valence-corrected chi connectivity index (χ3v) is 3.35. The molecule has 4 heteroatoms. The topological polar surface area (TPSA) is 37.8 Å². The molecule has 0 unspecified atom stereocenters. The third kappa shape index (κ3) is 4.20. The van der Waals surface area contributed by atoms with Crippen LogP contribution in [0.3, 0.4) is 0 Å². The predicted molar refractivity (Wildman–Crippen MR) is 75.7 cm³/mol. The number of hydrogen-bond donors (Lipinski definition) is 1. The first kappa shape index (κ1) is 13.2. The maximum Gasteiger partial charge on any atom is 0.133 e. The minimum absolute atomic E-state index is 0.110. The van der Waals surface area contributed by atoms with Crippen LogP contribution in [0.15, 0.2) is 29.8 Å². The Kier molecular flexibility index (Phi) is 4.09. The summed E-state index contributed by atoms with van der Waals surface area (Å²) in [6.45, 7) is 7.24. The molecule has 2 heterocycles. The Bertz CT molecular complexity index is 486. The third-order valence-electron chi connectivity index (χ3n) is 2.48. The molecule has 0 aromatic carbocycles. The smallest absolute Gasteiger partial charge is 0.133 e. The van der Waals surface area contributed by atoms with E-state index in [-0.39, 0.29) is 5.54 Å². The fourth-order valence-corrected chi connectivity index (χ4v) is 2.25. The molecule has 0 aliphatic heterocycles. The highest BCUT2D eigenvalue weighted by atomic mass is 32.1. The van der Waals surface area contributed by atoms with Crippen molar-refractivity contribution < 1.29 is 0 Å². The van der Waals surface area contributed by atoms with E-state index in [9.17, 15) is 0 Å².